The molecule has 8 nitrogen and oxygen atoms in total. The lowest BCUT2D eigenvalue weighted by molar-refractivity contribution is -0.0175. The molecule has 1 aliphatic heterocycles. The van der Waals surface area contributed by atoms with Gasteiger partial charge in [0.05, 0.1) is 6.10 Å². The minimum absolute atomic E-state index is 0.0427. The largest absolute Gasteiger partial charge is 0.385 e. The summed E-state index contributed by atoms with van der Waals surface area (Å²) in [5, 5.41) is 13.7. The Kier molecular flexibility index (Phi) is 4.45. The number of sulfonamides is 1. The Morgan fingerprint density at radius 1 is 1.62 bits per heavy atom. The predicted molar refractivity (Wildman–Crippen MR) is 80.9 cm³/mol. The number of hydrogen-bond acceptors (Lipinski definition) is 8. The van der Waals surface area contributed by atoms with Gasteiger partial charge in [0.25, 0.3) is 0 Å². The Labute approximate surface area is 128 Å². The molecule has 0 radical (unpaired) electrons. The highest BCUT2D eigenvalue weighted by molar-refractivity contribution is 7.89. The first-order chi connectivity index (χ1) is 9.68. The van der Waals surface area contributed by atoms with Gasteiger partial charge in [0, 0.05) is 33.7 Å². The molecule has 0 aromatic carbocycles. The van der Waals surface area contributed by atoms with Crippen LogP contribution in [-0.2, 0) is 14.8 Å². The molecular weight excluding hydrogens is 316 g/mol. The van der Waals surface area contributed by atoms with E-state index in [2.05, 4.69) is 9.69 Å². The van der Waals surface area contributed by atoms with Crippen LogP contribution in [0.25, 0.3) is 0 Å². The highest BCUT2D eigenvalue weighted by Gasteiger charge is 2.40. The third-order valence-corrected chi connectivity index (χ3v) is 6.47. The maximum absolute atomic E-state index is 12.3. The fourth-order valence-corrected chi connectivity index (χ4v) is 4.15. The second-order valence-electron chi connectivity index (χ2n) is 5.23. The quantitative estimate of drug-likeness (QED) is 0.688. The lowest BCUT2D eigenvalue weighted by atomic mass is 9.97. The fourth-order valence-electron chi connectivity index (χ4n) is 2.07. The van der Waals surface area contributed by atoms with Gasteiger partial charge in [-0.1, -0.05) is 0 Å². The van der Waals surface area contributed by atoms with Crippen LogP contribution in [0.1, 0.15) is 13.3 Å². The van der Waals surface area contributed by atoms with E-state index in [9.17, 15) is 13.5 Å². The zero-order valence-corrected chi connectivity index (χ0v) is 13.8. The number of aromatic nitrogens is 1. The van der Waals surface area contributed by atoms with Crippen LogP contribution in [0.2, 0.25) is 0 Å². The average molecular weight is 336 g/mol. The van der Waals surface area contributed by atoms with E-state index in [1.54, 1.807) is 6.92 Å². The number of ether oxygens (including phenoxy) is 1. The lowest BCUT2D eigenvalue weighted by Crippen LogP contribution is -2.43. The third-order valence-electron chi connectivity index (χ3n) is 3.63. The van der Waals surface area contributed by atoms with Gasteiger partial charge in [-0.3, -0.25) is 0 Å². The molecule has 2 atom stereocenters. The van der Waals surface area contributed by atoms with Crippen LogP contribution in [-0.4, -0.2) is 61.2 Å². The summed E-state index contributed by atoms with van der Waals surface area (Å²) in [6, 6.07) is 0. The van der Waals surface area contributed by atoms with E-state index in [1.807, 2.05) is 0 Å². The number of nitrogen functional groups attached to an aromatic ring is 1. The molecule has 4 N–H and O–H groups in total. The minimum atomic E-state index is -3.69. The zero-order valence-electron chi connectivity index (χ0n) is 12.2. The van der Waals surface area contributed by atoms with Crippen molar-refractivity contribution in [3.05, 3.63) is 0 Å². The van der Waals surface area contributed by atoms with Crippen molar-refractivity contribution in [1.82, 2.24) is 8.68 Å². The van der Waals surface area contributed by atoms with Crippen molar-refractivity contribution in [3.8, 4) is 0 Å². The van der Waals surface area contributed by atoms with Crippen LogP contribution in [0.15, 0.2) is 4.90 Å². The monoisotopic (exact) mass is 336 g/mol. The standard InChI is InChI=1S/C11H20N4O4S2/c1-7-11(16,4-5-19-7)6-13-10-8(9(12)14-20-10)21(17,18)15(2)3/h7,13,16H,4-6H2,1-3H3,(H2,12,14). The molecule has 0 bridgehead atoms. The highest BCUT2D eigenvalue weighted by atomic mass is 32.2. The first kappa shape index (κ1) is 16.4. The number of nitrogens with two attached hydrogens (primary N) is 1. The van der Waals surface area contributed by atoms with Gasteiger partial charge in [0.1, 0.15) is 10.6 Å². The van der Waals surface area contributed by atoms with E-state index in [0.717, 1.165) is 15.8 Å². The number of hydrogen-bond donors (Lipinski definition) is 3. The number of aliphatic hydroxyl groups is 1. The van der Waals surface area contributed by atoms with Gasteiger partial charge < -0.3 is 20.9 Å². The van der Waals surface area contributed by atoms with Crippen molar-refractivity contribution < 1.29 is 18.3 Å². The Bertz CT molecular complexity index is 616. The number of nitrogens with one attached hydrogen (secondary N) is 1. The van der Waals surface area contributed by atoms with Crippen molar-refractivity contribution in [1.29, 1.82) is 0 Å². The molecule has 2 rings (SSSR count). The van der Waals surface area contributed by atoms with Gasteiger partial charge in [0.2, 0.25) is 10.0 Å². The first-order valence-electron chi connectivity index (χ1n) is 6.44. The zero-order chi connectivity index (χ0) is 15.8. The van der Waals surface area contributed by atoms with Crippen LogP contribution in [0.5, 0.6) is 0 Å². The fraction of sp³-hybridized carbons (Fsp3) is 0.727. The summed E-state index contributed by atoms with van der Waals surface area (Å²) in [6.07, 6.45) is 0.176. The third kappa shape index (κ3) is 2.99. The Balaban J connectivity index is 2.23. The number of anilines is 2. The van der Waals surface area contributed by atoms with E-state index in [-0.39, 0.29) is 23.4 Å². The van der Waals surface area contributed by atoms with Crippen LogP contribution in [0, 0.1) is 0 Å². The number of nitrogens with zero attached hydrogens (tertiary/aromatic N) is 2. The number of rotatable bonds is 5. The molecule has 0 spiro atoms. The van der Waals surface area contributed by atoms with Crippen molar-refractivity contribution in [3.63, 3.8) is 0 Å². The summed E-state index contributed by atoms with van der Waals surface area (Å²) in [5.41, 5.74) is 4.65. The molecule has 1 aliphatic rings. The summed E-state index contributed by atoms with van der Waals surface area (Å²) in [7, 11) is -0.839. The second kappa shape index (κ2) is 5.69. The van der Waals surface area contributed by atoms with E-state index in [4.69, 9.17) is 10.5 Å². The van der Waals surface area contributed by atoms with Crippen molar-refractivity contribution in [2.75, 3.05) is 38.3 Å². The van der Waals surface area contributed by atoms with Gasteiger partial charge in [-0.15, -0.1) is 0 Å². The molecule has 120 valence electrons. The van der Waals surface area contributed by atoms with Crippen LogP contribution in [0.3, 0.4) is 0 Å². The molecule has 0 amide bonds. The molecule has 21 heavy (non-hydrogen) atoms. The molecule has 1 fully saturated rings. The predicted octanol–water partition coefficient (Wildman–Crippen LogP) is -0.0726. The van der Waals surface area contributed by atoms with E-state index in [0.29, 0.717) is 18.0 Å². The van der Waals surface area contributed by atoms with Gasteiger partial charge in [-0.2, -0.15) is 4.37 Å². The van der Waals surface area contributed by atoms with Gasteiger partial charge in [0.15, 0.2) is 10.7 Å². The van der Waals surface area contributed by atoms with Crippen LogP contribution in [0.4, 0.5) is 10.8 Å². The van der Waals surface area contributed by atoms with Gasteiger partial charge in [-0.25, -0.2) is 12.7 Å². The Hall–Kier alpha value is -0.940. The smallest absolute Gasteiger partial charge is 0.249 e. The molecule has 2 heterocycles. The summed E-state index contributed by atoms with van der Waals surface area (Å²) in [4.78, 5) is -0.0485. The molecule has 1 saturated heterocycles. The van der Waals surface area contributed by atoms with Crippen LogP contribution >= 0.6 is 11.5 Å². The van der Waals surface area contributed by atoms with Crippen molar-refractivity contribution in [2.24, 2.45) is 0 Å². The van der Waals surface area contributed by atoms with Crippen molar-refractivity contribution >= 4 is 32.4 Å². The molecular formula is C11H20N4O4S2. The molecule has 1 aromatic rings. The summed E-state index contributed by atoms with van der Waals surface area (Å²) in [6.45, 7) is 2.44. The maximum Gasteiger partial charge on any atom is 0.249 e. The SMILES string of the molecule is CC1OCCC1(O)CNc1snc(N)c1S(=O)(=O)N(C)C. The van der Waals surface area contributed by atoms with Gasteiger partial charge >= 0.3 is 0 Å². The molecule has 0 saturated carbocycles. The normalized spacial score (nSPS) is 26.4. The minimum Gasteiger partial charge on any atom is -0.385 e. The molecule has 1 aromatic heterocycles. The maximum atomic E-state index is 12.3. The molecule has 2 unspecified atom stereocenters. The Morgan fingerprint density at radius 2 is 2.29 bits per heavy atom. The van der Waals surface area contributed by atoms with E-state index >= 15 is 0 Å². The van der Waals surface area contributed by atoms with E-state index in [1.165, 1.54) is 14.1 Å². The van der Waals surface area contributed by atoms with E-state index < -0.39 is 15.6 Å². The topological polar surface area (TPSA) is 118 Å². The summed E-state index contributed by atoms with van der Waals surface area (Å²) >= 11 is 0.960. The van der Waals surface area contributed by atoms with Gasteiger partial charge in [-0.05, 0) is 18.5 Å². The summed E-state index contributed by atoms with van der Waals surface area (Å²) < 4.78 is 34.8. The first-order valence-corrected chi connectivity index (χ1v) is 8.65. The van der Waals surface area contributed by atoms with Crippen molar-refractivity contribution in [2.45, 2.75) is 29.9 Å². The van der Waals surface area contributed by atoms with Crippen LogP contribution < -0.4 is 11.1 Å². The highest BCUT2D eigenvalue weighted by Crippen LogP contribution is 2.34. The Morgan fingerprint density at radius 3 is 2.81 bits per heavy atom. The molecule has 10 heteroatoms. The molecule has 0 aliphatic carbocycles. The average Bonchev–Trinajstić information content (AvgIpc) is 2.92. The summed E-state index contributed by atoms with van der Waals surface area (Å²) in [5.74, 6) is -0.0427. The second-order valence-corrected chi connectivity index (χ2v) is 8.10. The lowest BCUT2D eigenvalue weighted by Gasteiger charge is -2.26.